The fourth-order valence-electron chi connectivity index (χ4n) is 1.92. The molecule has 0 aromatic rings. The van der Waals surface area contributed by atoms with E-state index in [-0.39, 0.29) is 17.6 Å². The summed E-state index contributed by atoms with van der Waals surface area (Å²) in [7, 11) is 0. The normalized spacial score (nSPS) is 26.9. The van der Waals surface area contributed by atoms with Gasteiger partial charge in [-0.05, 0) is 33.6 Å². The number of ether oxygens (including phenoxy) is 1. The van der Waals surface area contributed by atoms with Crippen LogP contribution in [0.15, 0.2) is 0 Å². The van der Waals surface area contributed by atoms with Crippen LogP contribution in [0.4, 0.5) is 0 Å². The Morgan fingerprint density at radius 1 is 1.53 bits per heavy atom. The van der Waals surface area contributed by atoms with E-state index in [4.69, 9.17) is 10.5 Å². The maximum atomic E-state index is 10.8. The third-order valence-corrected chi connectivity index (χ3v) is 2.74. The molecule has 1 amide bonds. The van der Waals surface area contributed by atoms with Gasteiger partial charge in [-0.1, -0.05) is 0 Å². The molecule has 0 aromatic carbocycles. The number of primary amides is 1. The lowest BCUT2D eigenvalue weighted by molar-refractivity contribution is -0.119. The maximum absolute atomic E-state index is 10.8. The zero-order chi connectivity index (χ0) is 11.5. The van der Waals surface area contributed by atoms with Gasteiger partial charge in [0, 0.05) is 18.5 Å². The van der Waals surface area contributed by atoms with Gasteiger partial charge in [0.15, 0.2) is 0 Å². The van der Waals surface area contributed by atoms with Crippen molar-refractivity contribution in [1.29, 1.82) is 0 Å². The lowest BCUT2D eigenvalue weighted by Crippen LogP contribution is -2.45. The van der Waals surface area contributed by atoms with Gasteiger partial charge in [0.25, 0.3) is 0 Å². The molecule has 3 N–H and O–H groups in total. The topological polar surface area (TPSA) is 64.3 Å². The standard InChI is InChI=1S/C11H22N2O2/c1-8-4-5-9(15-8)7-13-11(2,3)6-10(12)14/h8-9,13H,4-7H2,1-3H3,(H2,12,14). The molecule has 1 saturated heterocycles. The van der Waals surface area contributed by atoms with Gasteiger partial charge in [0.05, 0.1) is 12.2 Å². The first-order valence-corrected chi connectivity index (χ1v) is 5.58. The Kier molecular flexibility index (Phi) is 4.11. The molecular weight excluding hydrogens is 192 g/mol. The molecule has 1 aliphatic heterocycles. The molecule has 15 heavy (non-hydrogen) atoms. The lowest BCUT2D eigenvalue weighted by atomic mass is 10.00. The Morgan fingerprint density at radius 3 is 2.67 bits per heavy atom. The zero-order valence-electron chi connectivity index (χ0n) is 9.88. The largest absolute Gasteiger partial charge is 0.374 e. The van der Waals surface area contributed by atoms with Crippen molar-refractivity contribution in [3.8, 4) is 0 Å². The molecule has 4 heteroatoms. The number of carbonyl (C=O) groups excluding carboxylic acids is 1. The summed E-state index contributed by atoms with van der Waals surface area (Å²) in [6.45, 7) is 6.85. The molecule has 0 aliphatic carbocycles. The van der Waals surface area contributed by atoms with E-state index in [1.54, 1.807) is 0 Å². The first kappa shape index (κ1) is 12.5. The molecule has 0 bridgehead atoms. The van der Waals surface area contributed by atoms with Gasteiger partial charge in [-0.2, -0.15) is 0 Å². The second-order valence-electron chi connectivity index (χ2n) is 5.05. The van der Waals surface area contributed by atoms with E-state index in [2.05, 4.69) is 12.2 Å². The minimum atomic E-state index is -0.270. The first-order valence-electron chi connectivity index (χ1n) is 5.58. The van der Waals surface area contributed by atoms with Crippen molar-refractivity contribution in [2.75, 3.05) is 6.54 Å². The van der Waals surface area contributed by atoms with Gasteiger partial charge < -0.3 is 15.8 Å². The predicted molar refractivity (Wildman–Crippen MR) is 59.5 cm³/mol. The van der Waals surface area contributed by atoms with Crippen molar-refractivity contribution >= 4 is 5.91 Å². The van der Waals surface area contributed by atoms with E-state index < -0.39 is 0 Å². The highest BCUT2D eigenvalue weighted by Gasteiger charge is 2.25. The van der Waals surface area contributed by atoms with Gasteiger partial charge in [-0.25, -0.2) is 0 Å². The molecular formula is C11H22N2O2. The summed E-state index contributed by atoms with van der Waals surface area (Å²) in [5.41, 5.74) is 4.94. The van der Waals surface area contributed by atoms with Crippen LogP contribution in [0.1, 0.15) is 40.0 Å². The third kappa shape index (κ3) is 4.62. The summed E-state index contributed by atoms with van der Waals surface area (Å²) in [5, 5.41) is 3.33. The Bertz CT molecular complexity index is 229. The molecule has 0 spiro atoms. The zero-order valence-corrected chi connectivity index (χ0v) is 9.88. The SMILES string of the molecule is CC1CCC(CNC(C)(C)CC(N)=O)O1. The first-order chi connectivity index (χ1) is 6.89. The molecule has 88 valence electrons. The summed E-state index contributed by atoms with van der Waals surface area (Å²) in [5.74, 6) is -0.270. The Balaban J connectivity index is 2.26. The van der Waals surface area contributed by atoms with Crippen LogP contribution in [0.3, 0.4) is 0 Å². The lowest BCUT2D eigenvalue weighted by Gasteiger charge is -2.26. The number of hydrogen-bond donors (Lipinski definition) is 2. The van der Waals surface area contributed by atoms with Crippen molar-refractivity contribution in [1.82, 2.24) is 5.32 Å². The average Bonchev–Trinajstić information content (AvgIpc) is 2.46. The van der Waals surface area contributed by atoms with Gasteiger partial charge in [0.1, 0.15) is 0 Å². The van der Waals surface area contributed by atoms with Gasteiger partial charge >= 0.3 is 0 Å². The molecule has 0 radical (unpaired) electrons. The van der Waals surface area contributed by atoms with Crippen LogP contribution in [-0.4, -0.2) is 30.2 Å². The van der Waals surface area contributed by atoms with Crippen molar-refractivity contribution < 1.29 is 9.53 Å². The summed E-state index contributed by atoms with van der Waals surface area (Å²) in [4.78, 5) is 10.8. The van der Waals surface area contributed by atoms with Crippen LogP contribution >= 0.6 is 0 Å². The van der Waals surface area contributed by atoms with E-state index in [1.807, 2.05) is 13.8 Å². The van der Waals surface area contributed by atoms with E-state index >= 15 is 0 Å². The number of nitrogens with two attached hydrogens (primary N) is 1. The molecule has 4 nitrogen and oxygen atoms in total. The molecule has 1 rings (SSSR count). The van der Waals surface area contributed by atoms with Gasteiger partial charge in [-0.3, -0.25) is 4.79 Å². The van der Waals surface area contributed by atoms with Crippen LogP contribution in [-0.2, 0) is 9.53 Å². The summed E-state index contributed by atoms with van der Waals surface area (Å²) < 4.78 is 5.68. The number of nitrogens with one attached hydrogen (secondary N) is 1. The predicted octanol–water partition coefficient (Wildman–Crippen LogP) is 0.797. The summed E-state index contributed by atoms with van der Waals surface area (Å²) in [6, 6.07) is 0. The summed E-state index contributed by atoms with van der Waals surface area (Å²) in [6.07, 6.45) is 3.24. The number of carbonyl (C=O) groups is 1. The van der Waals surface area contributed by atoms with E-state index in [0.717, 1.165) is 19.4 Å². The Hall–Kier alpha value is -0.610. The minimum Gasteiger partial charge on any atom is -0.374 e. The highest BCUT2D eigenvalue weighted by Crippen LogP contribution is 2.19. The molecule has 0 aromatic heterocycles. The van der Waals surface area contributed by atoms with Crippen molar-refractivity contribution in [2.45, 2.75) is 57.8 Å². The van der Waals surface area contributed by atoms with Crippen molar-refractivity contribution in [3.05, 3.63) is 0 Å². The van der Waals surface area contributed by atoms with E-state index in [1.165, 1.54) is 0 Å². The molecule has 1 aliphatic rings. The van der Waals surface area contributed by atoms with Gasteiger partial charge in [0.2, 0.25) is 5.91 Å². The van der Waals surface area contributed by atoms with Gasteiger partial charge in [-0.15, -0.1) is 0 Å². The highest BCUT2D eigenvalue weighted by molar-refractivity contribution is 5.74. The molecule has 2 unspecified atom stereocenters. The van der Waals surface area contributed by atoms with Crippen LogP contribution in [0.5, 0.6) is 0 Å². The second kappa shape index (κ2) is 4.94. The smallest absolute Gasteiger partial charge is 0.219 e. The Labute approximate surface area is 91.5 Å². The fraction of sp³-hybridized carbons (Fsp3) is 0.909. The maximum Gasteiger partial charge on any atom is 0.219 e. The number of amides is 1. The number of rotatable bonds is 5. The highest BCUT2D eigenvalue weighted by atomic mass is 16.5. The monoisotopic (exact) mass is 214 g/mol. The van der Waals surface area contributed by atoms with Crippen molar-refractivity contribution in [3.63, 3.8) is 0 Å². The molecule has 2 atom stereocenters. The summed E-state index contributed by atoms with van der Waals surface area (Å²) >= 11 is 0. The second-order valence-corrected chi connectivity index (χ2v) is 5.05. The van der Waals surface area contributed by atoms with Crippen LogP contribution in [0, 0.1) is 0 Å². The third-order valence-electron chi connectivity index (χ3n) is 2.74. The molecule has 1 fully saturated rings. The molecule has 1 heterocycles. The minimum absolute atomic E-state index is 0.235. The average molecular weight is 214 g/mol. The van der Waals surface area contributed by atoms with Crippen LogP contribution < -0.4 is 11.1 Å². The quantitative estimate of drug-likeness (QED) is 0.711. The molecule has 0 saturated carbocycles. The Morgan fingerprint density at radius 2 is 2.20 bits per heavy atom. The number of hydrogen-bond acceptors (Lipinski definition) is 3. The van der Waals surface area contributed by atoms with Crippen LogP contribution in [0.25, 0.3) is 0 Å². The van der Waals surface area contributed by atoms with Crippen molar-refractivity contribution in [2.24, 2.45) is 5.73 Å². The fourth-order valence-corrected chi connectivity index (χ4v) is 1.92. The van der Waals surface area contributed by atoms with E-state index in [0.29, 0.717) is 12.5 Å². The van der Waals surface area contributed by atoms with Crippen LogP contribution in [0.2, 0.25) is 0 Å². The van der Waals surface area contributed by atoms with E-state index in [9.17, 15) is 4.79 Å².